The summed E-state index contributed by atoms with van der Waals surface area (Å²) < 4.78 is 11.9. The number of furan rings is 1. The minimum atomic E-state index is 0. The molecular formula is C20H28BrIN4O2. The van der Waals surface area contributed by atoms with E-state index in [1.807, 2.05) is 18.2 Å². The lowest BCUT2D eigenvalue weighted by molar-refractivity contribution is 0.215. The maximum atomic E-state index is 5.68. The summed E-state index contributed by atoms with van der Waals surface area (Å²) in [5.74, 6) is 2.60. The van der Waals surface area contributed by atoms with Gasteiger partial charge in [-0.25, -0.2) is 0 Å². The lowest BCUT2D eigenvalue weighted by Gasteiger charge is -2.26. The van der Waals surface area contributed by atoms with Gasteiger partial charge in [-0.2, -0.15) is 0 Å². The Balaban J connectivity index is 0.00000280. The summed E-state index contributed by atoms with van der Waals surface area (Å²) in [6.07, 6.45) is 4.24. The summed E-state index contributed by atoms with van der Waals surface area (Å²) in [5.41, 5.74) is 1.15. The highest BCUT2D eigenvalue weighted by molar-refractivity contribution is 14.0. The quantitative estimate of drug-likeness (QED) is 0.301. The first-order chi connectivity index (χ1) is 13.2. The molecule has 1 fully saturated rings. The molecule has 8 heteroatoms. The Morgan fingerprint density at radius 2 is 2.07 bits per heavy atom. The molecule has 0 saturated carbocycles. The summed E-state index contributed by atoms with van der Waals surface area (Å²) in [7, 11) is 3.45. The van der Waals surface area contributed by atoms with Gasteiger partial charge in [-0.05, 0) is 71.7 Å². The van der Waals surface area contributed by atoms with Crippen molar-refractivity contribution in [3.63, 3.8) is 0 Å². The van der Waals surface area contributed by atoms with Crippen molar-refractivity contribution < 1.29 is 9.15 Å². The number of hydrogen-bond donors (Lipinski definition) is 2. The van der Waals surface area contributed by atoms with Gasteiger partial charge in [-0.3, -0.25) is 9.89 Å². The van der Waals surface area contributed by atoms with Gasteiger partial charge in [-0.15, -0.1) is 24.0 Å². The van der Waals surface area contributed by atoms with E-state index in [4.69, 9.17) is 9.15 Å². The smallest absolute Gasteiger partial charge is 0.191 e. The van der Waals surface area contributed by atoms with Crippen molar-refractivity contribution in [1.82, 2.24) is 15.5 Å². The lowest BCUT2D eigenvalue weighted by atomic mass is 10.2. The van der Waals surface area contributed by atoms with E-state index in [0.29, 0.717) is 6.54 Å². The average molecular weight is 563 g/mol. The third kappa shape index (κ3) is 6.12. The molecule has 1 unspecified atom stereocenters. The van der Waals surface area contributed by atoms with E-state index >= 15 is 0 Å². The molecule has 2 heterocycles. The number of methoxy groups -OCH3 is 1. The fraction of sp³-hybridized carbons (Fsp3) is 0.450. The van der Waals surface area contributed by atoms with Crippen LogP contribution in [0.2, 0.25) is 0 Å². The number of rotatable bonds is 7. The molecule has 1 aromatic heterocycles. The molecule has 2 aromatic rings. The normalized spacial score (nSPS) is 15.8. The monoisotopic (exact) mass is 562 g/mol. The maximum absolute atomic E-state index is 5.68. The number of halogens is 2. The Kier molecular flexibility index (Phi) is 9.60. The molecule has 0 radical (unpaired) electrons. The summed E-state index contributed by atoms with van der Waals surface area (Å²) in [6, 6.07) is 10.3. The van der Waals surface area contributed by atoms with Crippen molar-refractivity contribution in [2.45, 2.75) is 25.4 Å². The highest BCUT2D eigenvalue weighted by atomic mass is 127. The predicted octanol–water partition coefficient (Wildman–Crippen LogP) is 4.17. The molecule has 0 spiro atoms. The van der Waals surface area contributed by atoms with Crippen LogP contribution in [-0.4, -0.2) is 44.7 Å². The number of likely N-dealkylation sites (tertiary alicyclic amines) is 1. The van der Waals surface area contributed by atoms with E-state index in [1.54, 1.807) is 20.4 Å². The lowest BCUT2D eigenvalue weighted by Crippen LogP contribution is -2.42. The van der Waals surface area contributed by atoms with E-state index in [-0.39, 0.29) is 30.0 Å². The number of ether oxygens (including phenoxy) is 1. The van der Waals surface area contributed by atoms with Crippen molar-refractivity contribution in [2.75, 3.05) is 33.8 Å². The first kappa shape index (κ1) is 23.0. The van der Waals surface area contributed by atoms with E-state index < -0.39 is 0 Å². The molecule has 28 heavy (non-hydrogen) atoms. The Morgan fingerprint density at radius 3 is 2.68 bits per heavy atom. The third-order valence-corrected chi connectivity index (χ3v) is 5.44. The van der Waals surface area contributed by atoms with Crippen LogP contribution in [0.15, 0.2) is 50.5 Å². The van der Waals surface area contributed by atoms with Gasteiger partial charge in [0.25, 0.3) is 0 Å². The van der Waals surface area contributed by atoms with Crippen LogP contribution in [0.1, 0.15) is 30.2 Å². The van der Waals surface area contributed by atoms with Crippen LogP contribution < -0.4 is 15.4 Å². The van der Waals surface area contributed by atoms with Crippen LogP contribution in [0.25, 0.3) is 0 Å². The number of hydrogen-bond acceptors (Lipinski definition) is 4. The van der Waals surface area contributed by atoms with E-state index in [2.05, 4.69) is 48.6 Å². The van der Waals surface area contributed by atoms with Gasteiger partial charge >= 0.3 is 0 Å². The zero-order valence-corrected chi connectivity index (χ0v) is 20.2. The topological polar surface area (TPSA) is 62.0 Å². The molecule has 1 aliphatic heterocycles. The van der Waals surface area contributed by atoms with Gasteiger partial charge in [0, 0.05) is 20.1 Å². The van der Waals surface area contributed by atoms with Gasteiger partial charge in [0.15, 0.2) is 5.96 Å². The standard InChI is InChI=1S/C20H27BrN4O2.HI/c1-22-20(23-13-15-7-8-18(26-2)16(21)12-15)24-14-17(19-6-5-11-27-19)25-9-3-4-10-25;/h5-8,11-12,17H,3-4,9-10,13-14H2,1-2H3,(H2,22,23,24);1H. The molecule has 6 nitrogen and oxygen atoms in total. The molecular weight excluding hydrogens is 535 g/mol. The Labute approximate surface area is 192 Å². The summed E-state index contributed by atoms with van der Waals surface area (Å²) in [6.45, 7) is 3.65. The second kappa shape index (κ2) is 11.7. The molecule has 1 aromatic carbocycles. The van der Waals surface area contributed by atoms with Crippen molar-refractivity contribution in [3.8, 4) is 5.75 Å². The van der Waals surface area contributed by atoms with Crippen LogP contribution >= 0.6 is 39.9 Å². The predicted molar refractivity (Wildman–Crippen MR) is 127 cm³/mol. The SMILES string of the molecule is CN=C(NCc1ccc(OC)c(Br)c1)NCC(c1ccco1)N1CCCC1.I. The minimum absolute atomic E-state index is 0. The highest BCUT2D eigenvalue weighted by Crippen LogP contribution is 2.26. The summed E-state index contributed by atoms with van der Waals surface area (Å²) in [4.78, 5) is 6.82. The van der Waals surface area contributed by atoms with Gasteiger partial charge in [0.05, 0.1) is 23.9 Å². The van der Waals surface area contributed by atoms with E-state index in [0.717, 1.165) is 47.1 Å². The van der Waals surface area contributed by atoms with Gasteiger partial charge in [-0.1, -0.05) is 6.07 Å². The fourth-order valence-corrected chi connectivity index (χ4v) is 3.95. The Morgan fingerprint density at radius 1 is 1.29 bits per heavy atom. The first-order valence-electron chi connectivity index (χ1n) is 9.25. The van der Waals surface area contributed by atoms with Crippen LogP contribution in [0.3, 0.4) is 0 Å². The number of guanidine groups is 1. The molecule has 3 rings (SSSR count). The van der Waals surface area contributed by atoms with Crippen molar-refractivity contribution in [2.24, 2.45) is 4.99 Å². The fourth-order valence-electron chi connectivity index (χ4n) is 3.36. The van der Waals surface area contributed by atoms with Gasteiger partial charge < -0.3 is 19.8 Å². The molecule has 1 atom stereocenters. The van der Waals surface area contributed by atoms with Crippen molar-refractivity contribution in [3.05, 3.63) is 52.4 Å². The number of aliphatic imine (C=N–C) groups is 1. The number of nitrogens with one attached hydrogen (secondary N) is 2. The van der Waals surface area contributed by atoms with Crippen molar-refractivity contribution in [1.29, 1.82) is 0 Å². The van der Waals surface area contributed by atoms with Crippen LogP contribution in [-0.2, 0) is 6.54 Å². The largest absolute Gasteiger partial charge is 0.496 e. The molecule has 0 amide bonds. The van der Waals surface area contributed by atoms with Crippen LogP contribution in [0.4, 0.5) is 0 Å². The maximum Gasteiger partial charge on any atom is 0.191 e. The van der Waals surface area contributed by atoms with Crippen molar-refractivity contribution >= 4 is 45.9 Å². The summed E-state index contributed by atoms with van der Waals surface area (Å²) in [5, 5.41) is 6.81. The minimum Gasteiger partial charge on any atom is -0.496 e. The zero-order valence-electron chi connectivity index (χ0n) is 16.3. The summed E-state index contributed by atoms with van der Waals surface area (Å²) >= 11 is 3.53. The molecule has 0 bridgehead atoms. The molecule has 1 aliphatic rings. The molecule has 154 valence electrons. The Bertz CT molecular complexity index is 749. The second-order valence-electron chi connectivity index (χ2n) is 6.55. The second-order valence-corrected chi connectivity index (χ2v) is 7.40. The first-order valence-corrected chi connectivity index (χ1v) is 10.0. The van der Waals surface area contributed by atoms with Crippen LogP contribution in [0.5, 0.6) is 5.75 Å². The van der Waals surface area contributed by atoms with Crippen LogP contribution in [0, 0.1) is 0 Å². The van der Waals surface area contributed by atoms with Gasteiger partial charge in [0.1, 0.15) is 11.5 Å². The Hall–Kier alpha value is -1.26. The molecule has 2 N–H and O–H groups in total. The molecule has 1 saturated heterocycles. The van der Waals surface area contributed by atoms with E-state index in [1.165, 1.54) is 12.8 Å². The van der Waals surface area contributed by atoms with Gasteiger partial charge in [0.2, 0.25) is 0 Å². The average Bonchev–Trinajstić information content (AvgIpc) is 3.39. The van der Waals surface area contributed by atoms with E-state index in [9.17, 15) is 0 Å². The highest BCUT2D eigenvalue weighted by Gasteiger charge is 2.25. The number of nitrogens with zero attached hydrogens (tertiary/aromatic N) is 2. The number of benzene rings is 1. The molecule has 0 aliphatic carbocycles. The third-order valence-electron chi connectivity index (χ3n) is 4.82. The zero-order chi connectivity index (χ0) is 19.1.